The zero-order valence-corrected chi connectivity index (χ0v) is 10.2. The van der Waals surface area contributed by atoms with E-state index in [1.807, 2.05) is 24.3 Å². The van der Waals surface area contributed by atoms with E-state index >= 15 is 0 Å². The summed E-state index contributed by atoms with van der Waals surface area (Å²) in [5, 5.41) is 7.78. The van der Waals surface area contributed by atoms with Gasteiger partial charge in [0.05, 0.1) is 20.0 Å². The molecule has 0 amide bonds. The molecule has 2 heterocycles. The van der Waals surface area contributed by atoms with Crippen molar-refractivity contribution in [2.45, 2.75) is 6.54 Å². The number of aromatic nitrogens is 5. The quantitative estimate of drug-likeness (QED) is 0.741. The highest BCUT2D eigenvalue weighted by Crippen LogP contribution is 2.13. The van der Waals surface area contributed by atoms with Gasteiger partial charge in [0.15, 0.2) is 11.2 Å². The summed E-state index contributed by atoms with van der Waals surface area (Å²) < 4.78 is 6.69. The Morgan fingerprint density at radius 1 is 1.32 bits per heavy atom. The van der Waals surface area contributed by atoms with Crippen molar-refractivity contribution in [3.05, 3.63) is 46.5 Å². The van der Waals surface area contributed by atoms with E-state index in [1.54, 1.807) is 11.8 Å². The number of benzene rings is 1. The van der Waals surface area contributed by atoms with Crippen molar-refractivity contribution in [1.82, 2.24) is 25.0 Å². The fraction of sp³-hybridized carbons (Fsp3) is 0.167. The summed E-state index contributed by atoms with van der Waals surface area (Å²) >= 11 is 0. The summed E-state index contributed by atoms with van der Waals surface area (Å²) in [5.41, 5.74) is 1.45. The molecular formula is C12H11N5O2. The fourth-order valence-electron chi connectivity index (χ4n) is 1.81. The van der Waals surface area contributed by atoms with Crippen molar-refractivity contribution in [1.29, 1.82) is 0 Å². The Bertz CT molecular complexity index is 760. The highest BCUT2D eigenvalue weighted by Gasteiger charge is 2.09. The van der Waals surface area contributed by atoms with Crippen molar-refractivity contribution in [3.8, 4) is 5.75 Å². The van der Waals surface area contributed by atoms with Gasteiger partial charge in [0.2, 0.25) is 0 Å². The molecule has 0 unspecified atom stereocenters. The van der Waals surface area contributed by atoms with E-state index < -0.39 is 0 Å². The van der Waals surface area contributed by atoms with Gasteiger partial charge in [-0.1, -0.05) is 17.3 Å². The van der Waals surface area contributed by atoms with Crippen LogP contribution in [0.25, 0.3) is 11.2 Å². The van der Waals surface area contributed by atoms with Crippen molar-refractivity contribution in [2.24, 2.45) is 0 Å². The molecule has 0 bridgehead atoms. The van der Waals surface area contributed by atoms with Crippen LogP contribution in [0.5, 0.6) is 5.75 Å². The predicted octanol–water partition coefficient (Wildman–Crippen LogP) is 0.571. The molecule has 2 aromatic heterocycles. The monoisotopic (exact) mass is 257 g/mol. The van der Waals surface area contributed by atoms with E-state index in [0.717, 1.165) is 11.3 Å². The predicted molar refractivity (Wildman–Crippen MR) is 68.0 cm³/mol. The maximum absolute atomic E-state index is 11.5. The number of nitrogens with zero attached hydrogens (tertiary/aromatic N) is 4. The van der Waals surface area contributed by atoms with Gasteiger partial charge >= 0.3 is 0 Å². The van der Waals surface area contributed by atoms with Crippen LogP contribution < -0.4 is 10.3 Å². The maximum atomic E-state index is 11.5. The Balaban J connectivity index is 1.96. The maximum Gasteiger partial charge on any atom is 0.280 e. The van der Waals surface area contributed by atoms with E-state index in [2.05, 4.69) is 20.3 Å². The third-order valence-corrected chi connectivity index (χ3v) is 2.80. The van der Waals surface area contributed by atoms with E-state index in [4.69, 9.17) is 4.74 Å². The van der Waals surface area contributed by atoms with E-state index in [-0.39, 0.29) is 11.1 Å². The molecular weight excluding hydrogens is 246 g/mol. The first-order valence-corrected chi connectivity index (χ1v) is 5.68. The van der Waals surface area contributed by atoms with Gasteiger partial charge in [-0.05, 0) is 17.7 Å². The number of hydrogen-bond donors (Lipinski definition) is 1. The minimum absolute atomic E-state index is 0.246. The van der Waals surface area contributed by atoms with Gasteiger partial charge in [0.1, 0.15) is 5.75 Å². The first-order chi connectivity index (χ1) is 9.28. The van der Waals surface area contributed by atoms with Gasteiger partial charge < -0.3 is 9.72 Å². The molecule has 3 rings (SSSR count). The van der Waals surface area contributed by atoms with Crippen molar-refractivity contribution in [2.75, 3.05) is 7.11 Å². The lowest BCUT2D eigenvalue weighted by Crippen LogP contribution is -2.08. The molecule has 3 aromatic rings. The summed E-state index contributed by atoms with van der Waals surface area (Å²) in [6, 6.07) is 7.60. The summed E-state index contributed by atoms with van der Waals surface area (Å²) in [6.07, 6.45) is 1.35. The lowest BCUT2D eigenvalue weighted by Gasteiger charge is -2.03. The number of methoxy groups -OCH3 is 1. The highest BCUT2D eigenvalue weighted by molar-refractivity contribution is 5.67. The van der Waals surface area contributed by atoms with Crippen molar-refractivity contribution in [3.63, 3.8) is 0 Å². The van der Waals surface area contributed by atoms with Gasteiger partial charge in [0.25, 0.3) is 5.56 Å². The summed E-state index contributed by atoms with van der Waals surface area (Å²) in [5.74, 6) is 0.793. The Morgan fingerprint density at radius 3 is 2.84 bits per heavy atom. The topological polar surface area (TPSA) is 85.7 Å². The van der Waals surface area contributed by atoms with Crippen LogP contribution in [0, 0.1) is 0 Å². The van der Waals surface area contributed by atoms with Crippen LogP contribution in [-0.2, 0) is 6.54 Å². The third kappa shape index (κ3) is 2.05. The largest absolute Gasteiger partial charge is 0.497 e. The molecule has 0 atom stereocenters. The molecule has 1 N–H and O–H groups in total. The van der Waals surface area contributed by atoms with Gasteiger partial charge in [-0.15, -0.1) is 5.10 Å². The molecule has 0 aliphatic heterocycles. The number of H-pyrrole nitrogens is 1. The van der Waals surface area contributed by atoms with Crippen LogP contribution in [-0.4, -0.2) is 32.1 Å². The standard InChI is InChI=1S/C12H11N5O2/c1-19-9-4-2-8(3-5-9)6-17-11-10(15-16-17)12(18)14-7-13-11/h2-5,7H,6H2,1H3,(H,13,14,18). The van der Waals surface area contributed by atoms with Gasteiger partial charge in [-0.25, -0.2) is 9.67 Å². The second kappa shape index (κ2) is 4.52. The van der Waals surface area contributed by atoms with Crippen LogP contribution in [0.3, 0.4) is 0 Å². The average molecular weight is 257 g/mol. The minimum atomic E-state index is -0.286. The van der Waals surface area contributed by atoms with Crippen LogP contribution in [0.4, 0.5) is 0 Å². The Labute approximate surface area is 107 Å². The zero-order chi connectivity index (χ0) is 13.2. The van der Waals surface area contributed by atoms with Gasteiger partial charge in [0, 0.05) is 0 Å². The first kappa shape index (κ1) is 11.4. The van der Waals surface area contributed by atoms with Crippen LogP contribution in [0.1, 0.15) is 5.56 Å². The molecule has 96 valence electrons. The molecule has 0 saturated heterocycles. The molecule has 0 aliphatic rings. The third-order valence-electron chi connectivity index (χ3n) is 2.80. The molecule has 0 spiro atoms. The van der Waals surface area contributed by atoms with Crippen LogP contribution in [0.15, 0.2) is 35.4 Å². The van der Waals surface area contributed by atoms with Crippen molar-refractivity contribution < 1.29 is 4.74 Å². The molecule has 19 heavy (non-hydrogen) atoms. The Morgan fingerprint density at radius 2 is 2.11 bits per heavy atom. The number of ether oxygens (including phenoxy) is 1. The number of nitrogens with one attached hydrogen (secondary N) is 1. The lowest BCUT2D eigenvalue weighted by atomic mass is 10.2. The first-order valence-electron chi connectivity index (χ1n) is 5.68. The molecule has 0 aliphatic carbocycles. The summed E-state index contributed by atoms with van der Waals surface area (Å²) in [6.45, 7) is 0.497. The van der Waals surface area contributed by atoms with Gasteiger partial charge in [-0.3, -0.25) is 4.79 Å². The number of rotatable bonds is 3. The van der Waals surface area contributed by atoms with Crippen molar-refractivity contribution >= 4 is 11.2 Å². The summed E-state index contributed by atoms with van der Waals surface area (Å²) in [4.78, 5) is 18.1. The van der Waals surface area contributed by atoms with Gasteiger partial charge in [-0.2, -0.15) is 0 Å². The smallest absolute Gasteiger partial charge is 0.280 e. The minimum Gasteiger partial charge on any atom is -0.497 e. The van der Waals surface area contributed by atoms with Crippen LogP contribution >= 0.6 is 0 Å². The second-order valence-electron chi connectivity index (χ2n) is 4.00. The molecule has 7 heteroatoms. The highest BCUT2D eigenvalue weighted by atomic mass is 16.5. The second-order valence-corrected chi connectivity index (χ2v) is 4.00. The van der Waals surface area contributed by atoms with E-state index in [0.29, 0.717) is 12.2 Å². The molecule has 1 aromatic carbocycles. The molecule has 0 saturated carbocycles. The Hall–Kier alpha value is -2.70. The normalized spacial score (nSPS) is 10.8. The fourth-order valence-corrected chi connectivity index (χ4v) is 1.81. The number of hydrogen-bond acceptors (Lipinski definition) is 5. The SMILES string of the molecule is COc1ccc(Cn2nnc3c(=O)[nH]cnc32)cc1. The molecule has 0 radical (unpaired) electrons. The molecule has 0 fully saturated rings. The lowest BCUT2D eigenvalue weighted by molar-refractivity contribution is 0.414. The van der Waals surface area contributed by atoms with E-state index in [9.17, 15) is 4.79 Å². The molecule has 7 nitrogen and oxygen atoms in total. The van der Waals surface area contributed by atoms with Crippen LogP contribution in [0.2, 0.25) is 0 Å². The Kier molecular flexibility index (Phi) is 2.71. The number of aromatic amines is 1. The summed E-state index contributed by atoms with van der Waals surface area (Å²) in [7, 11) is 1.62. The average Bonchev–Trinajstić information content (AvgIpc) is 2.84. The number of fused-ring (bicyclic) bond motifs is 1. The zero-order valence-electron chi connectivity index (χ0n) is 10.2. The van der Waals surface area contributed by atoms with E-state index in [1.165, 1.54) is 6.33 Å².